The molecule has 0 radical (unpaired) electrons. The first-order valence-corrected chi connectivity index (χ1v) is 7.98. The van der Waals surface area contributed by atoms with Gasteiger partial charge in [-0.2, -0.15) is 5.10 Å². The molecule has 0 unspecified atom stereocenters. The Bertz CT molecular complexity index is 757. The molecule has 2 heterocycles. The summed E-state index contributed by atoms with van der Waals surface area (Å²) in [7, 11) is 0. The van der Waals surface area contributed by atoms with Crippen LogP contribution >= 0.6 is 0 Å². The summed E-state index contributed by atoms with van der Waals surface area (Å²) in [6.07, 6.45) is 4.38. The normalized spacial score (nSPS) is 20.8. The maximum atomic E-state index is 12.9. The maximum Gasteiger partial charge on any atom is 0.308 e. The van der Waals surface area contributed by atoms with Gasteiger partial charge in [0, 0.05) is 18.2 Å². The molecule has 1 aliphatic rings. The van der Waals surface area contributed by atoms with E-state index >= 15 is 0 Å². The minimum absolute atomic E-state index is 0.115. The number of carbonyl (C=O) groups is 2. The van der Waals surface area contributed by atoms with Crippen LogP contribution in [0.5, 0.6) is 0 Å². The second-order valence-corrected chi connectivity index (χ2v) is 6.17. The molecule has 1 aliphatic heterocycles. The van der Waals surface area contributed by atoms with Crippen LogP contribution in [0.4, 0.5) is 0 Å². The Hall–Kier alpha value is -2.70. The molecule has 7 nitrogen and oxygen atoms in total. The molecular formula is C17H20N4O3. The zero-order valence-electron chi connectivity index (χ0n) is 13.7. The average Bonchev–Trinajstić information content (AvgIpc) is 3.08. The number of likely N-dealkylation sites (tertiary alicyclic amines) is 1. The highest BCUT2D eigenvalue weighted by molar-refractivity contribution is 5.96. The van der Waals surface area contributed by atoms with Crippen LogP contribution in [0.2, 0.25) is 0 Å². The molecule has 0 aliphatic carbocycles. The van der Waals surface area contributed by atoms with Crippen molar-refractivity contribution < 1.29 is 14.7 Å². The van der Waals surface area contributed by atoms with Gasteiger partial charge < -0.3 is 10.0 Å². The summed E-state index contributed by atoms with van der Waals surface area (Å²) in [5, 5.41) is 13.4. The number of piperidine rings is 1. The van der Waals surface area contributed by atoms with Gasteiger partial charge in [0.05, 0.1) is 11.6 Å². The number of rotatable bonds is 3. The predicted octanol–water partition coefficient (Wildman–Crippen LogP) is 1.90. The molecule has 0 spiro atoms. The number of hydrogen-bond donors (Lipinski definition) is 1. The molecule has 1 aromatic heterocycles. The third-order valence-corrected chi connectivity index (χ3v) is 4.69. The fraction of sp³-hybridized carbons (Fsp3) is 0.412. The highest BCUT2D eigenvalue weighted by atomic mass is 16.4. The van der Waals surface area contributed by atoms with Gasteiger partial charge in [-0.05, 0) is 50.5 Å². The number of carboxylic acids is 1. The summed E-state index contributed by atoms with van der Waals surface area (Å²) in [4.78, 5) is 29.8. The summed E-state index contributed by atoms with van der Waals surface area (Å²) >= 11 is 0. The fourth-order valence-electron chi connectivity index (χ4n) is 3.29. The predicted molar refractivity (Wildman–Crippen MR) is 87.0 cm³/mol. The van der Waals surface area contributed by atoms with Crippen molar-refractivity contribution in [3.63, 3.8) is 0 Å². The van der Waals surface area contributed by atoms with Crippen LogP contribution < -0.4 is 0 Å². The van der Waals surface area contributed by atoms with E-state index in [2.05, 4.69) is 10.1 Å². The van der Waals surface area contributed by atoms with Crippen LogP contribution in [0.25, 0.3) is 5.69 Å². The van der Waals surface area contributed by atoms with Crippen molar-refractivity contribution in [2.75, 3.05) is 6.54 Å². The first-order chi connectivity index (χ1) is 11.5. The van der Waals surface area contributed by atoms with E-state index in [9.17, 15) is 14.7 Å². The second kappa shape index (κ2) is 6.43. The third kappa shape index (κ3) is 2.89. The van der Waals surface area contributed by atoms with Gasteiger partial charge in [-0.1, -0.05) is 0 Å². The molecule has 7 heteroatoms. The first-order valence-electron chi connectivity index (χ1n) is 7.98. The monoisotopic (exact) mass is 328 g/mol. The summed E-state index contributed by atoms with van der Waals surface area (Å²) in [5.41, 5.74) is 2.26. The SMILES string of the molecule is Cc1cc(-n2cncn2)ccc1C(=O)N1CCC[C@@H](C(=O)O)[C@H]1C. The van der Waals surface area contributed by atoms with Gasteiger partial charge in [0.15, 0.2) is 0 Å². The van der Waals surface area contributed by atoms with Crippen molar-refractivity contribution in [2.45, 2.75) is 32.7 Å². The van der Waals surface area contributed by atoms with Gasteiger partial charge in [0.2, 0.25) is 0 Å². The Labute approximate surface area is 139 Å². The largest absolute Gasteiger partial charge is 0.481 e. The highest BCUT2D eigenvalue weighted by Crippen LogP contribution is 2.26. The standard InChI is InChI=1S/C17H20N4O3/c1-11-8-13(21-10-18-9-19-21)5-6-14(11)16(22)20-7-3-4-15(12(20)2)17(23)24/h5-6,8-10,12,15H,3-4,7H2,1-2H3,(H,23,24)/t12-,15-/m1/s1. The first kappa shape index (κ1) is 16.2. The van der Waals surface area contributed by atoms with Gasteiger partial charge in [0.1, 0.15) is 12.7 Å². The molecule has 1 aromatic carbocycles. The Morgan fingerprint density at radius 1 is 1.33 bits per heavy atom. The van der Waals surface area contributed by atoms with Crippen molar-refractivity contribution in [3.8, 4) is 5.69 Å². The zero-order chi connectivity index (χ0) is 17.3. The van der Waals surface area contributed by atoms with Crippen molar-refractivity contribution >= 4 is 11.9 Å². The van der Waals surface area contributed by atoms with E-state index in [1.807, 2.05) is 26.0 Å². The Kier molecular flexibility index (Phi) is 4.33. The second-order valence-electron chi connectivity index (χ2n) is 6.17. The third-order valence-electron chi connectivity index (χ3n) is 4.69. The molecule has 0 saturated carbocycles. The lowest BCUT2D eigenvalue weighted by atomic mass is 9.89. The maximum absolute atomic E-state index is 12.9. The molecule has 2 atom stereocenters. The molecular weight excluding hydrogens is 308 g/mol. The number of hydrogen-bond acceptors (Lipinski definition) is 4. The van der Waals surface area contributed by atoms with Gasteiger partial charge in [-0.15, -0.1) is 0 Å². The minimum atomic E-state index is -0.835. The molecule has 1 amide bonds. The number of amides is 1. The number of aromatic nitrogens is 3. The minimum Gasteiger partial charge on any atom is -0.481 e. The smallest absolute Gasteiger partial charge is 0.308 e. The quantitative estimate of drug-likeness (QED) is 0.929. The van der Waals surface area contributed by atoms with Crippen molar-refractivity contribution in [1.82, 2.24) is 19.7 Å². The summed E-state index contributed by atoms with van der Waals surface area (Å²) in [6, 6.07) is 5.16. The molecule has 1 saturated heterocycles. The number of aliphatic carboxylic acids is 1. The summed E-state index contributed by atoms with van der Waals surface area (Å²) in [6.45, 7) is 4.28. The van der Waals surface area contributed by atoms with E-state index in [0.717, 1.165) is 11.3 Å². The van der Waals surface area contributed by atoms with E-state index in [-0.39, 0.29) is 11.9 Å². The lowest BCUT2D eigenvalue weighted by Crippen LogP contribution is -2.49. The zero-order valence-corrected chi connectivity index (χ0v) is 13.7. The van der Waals surface area contributed by atoms with Gasteiger partial charge in [0.25, 0.3) is 5.91 Å². The number of aryl methyl sites for hydroxylation is 1. The molecule has 24 heavy (non-hydrogen) atoms. The Balaban J connectivity index is 1.86. The van der Waals surface area contributed by atoms with Crippen LogP contribution in [0.3, 0.4) is 0 Å². The van der Waals surface area contributed by atoms with Gasteiger partial charge in [-0.3, -0.25) is 9.59 Å². The Morgan fingerprint density at radius 3 is 2.75 bits per heavy atom. The van der Waals surface area contributed by atoms with Crippen molar-refractivity contribution in [2.24, 2.45) is 5.92 Å². The van der Waals surface area contributed by atoms with Crippen LogP contribution in [-0.4, -0.2) is 49.2 Å². The number of benzene rings is 1. The molecule has 0 bridgehead atoms. The van der Waals surface area contributed by atoms with E-state index in [1.54, 1.807) is 22.0 Å². The topological polar surface area (TPSA) is 88.3 Å². The van der Waals surface area contributed by atoms with Gasteiger partial charge >= 0.3 is 5.97 Å². The van der Waals surface area contributed by atoms with Crippen LogP contribution in [0, 0.1) is 12.8 Å². The van der Waals surface area contributed by atoms with E-state index in [1.165, 1.54) is 6.33 Å². The summed E-state index contributed by atoms with van der Waals surface area (Å²) < 4.78 is 1.63. The van der Waals surface area contributed by atoms with Crippen LogP contribution in [0.15, 0.2) is 30.9 Å². The van der Waals surface area contributed by atoms with E-state index < -0.39 is 11.9 Å². The van der Waals surface area contributed by atoms with Crippen molar-refractivity contribution in [1.29, 1.82) is 0 Å². The number of carbonyl (C=O) groups excluding carboxylic acids is 1. The molecule has 1 fully saturated rings. The van der Waals surface area contributed by atoms with Crippen LogP contribution in [-0.2, 0) is 4.79 Å². The molecule has 1 N–H and O–H groups in total. The summed E-state index contributed by atoms with van der Waals surface area (Å²) in [5.74, 6) is -1.45. The molecule has 3 rings (SSSR count). The fourth-order valence-corrected chi connectivity index (χ4v) is 3.29. The van der Waals surface area contributed by atoms with Crippen molar-refractivity contribution in [3.05, 3.63) is 42.0 Å². The number of carboxylic acid groups (broad SMARTS) is 1. The average molecular weight is 328 g/mol. The highest BCUT2D eigenvalue weighted by Gasteiger charge is 2.35. The van der Waals surface area contributed by atoms with Gasteiger partial charge in [-0.25, -0.2) is 9.67 Å². The lowest BCUT2D eigenvalue weighted by molar-refractivity contribution is -0.144. The molecule has 126 valence electrons. The molecule has 2 aromatic rings. The van der Waals surface area contributed by atoms with E-state index in [4.69, 9.17) is 0 Å². The number of nitrogens with zero attached hydrogens (tertiary/aromatic N) is 4. The van der Waals surface area contributed by atoms with Crippen LogP contribution in [0.1, 0.15) is 35.7 Å². The van der Waals surface area contributed by atoms with E-state index in [0.29, 0.717) is 24.9 Å². The Morgan fingerprint density at radius 2 is 2.12 bits per heavy atom. The lowest BCUT2D eigenvalue weighted by Gasteiger charge is -2.37.